The second-order valence-electron chi connectivity index (χ2n) is 5.29. The average molecular weight is 285 g/mol. The summed E-state index contributed by atoms with van der Waals surface area (Å²) in [5.41, 5.74) is 1.56. The first-order valence-corrected chi connectivity index (χ1v) is 7.29. The number of benzene rings is 1. The van der Waals surface area contributed by atoms with Gasteiger partial charge in [-0.15, -0.1) is 0 Å². The van der Waals surface area contributed by atoms with Gasteiger partial charge in [0.05, 0.1) is 11.7 Å². The highest BCUT2D eigenvalue weighted by Crippen LogP contribution is 2.25. The van der Waals surface area contributed by atoms with Crippen molar-refractivity contribution in [2.24, 2.45) is 0 Å². The van der Waals surface area contributed by atoms with E-state index in [0.29, 0.717) is 17.9 Å². The molecule has 1 aromatic heterocycles. The molecule has 1 unspecified atom stereocenters. The highest BCUT2D eigenvalue weighted by atomic mass is 16.5. The molecule has 110 valence electrons. The SMILES string of the molecule is Cc1oc(-c2ccccc2)cc1C(=O)NCC1CCCO1. The molecule has 1 N–H and O–H groups in total. The third-order valence-electron chi connectivity index (χ3n) is 3.73. The highest BCUT2D eigenvalue weighted by molar-refractivity contribution is 5.96. The molecule has 3 rings (SSSR count). The molecule has 1 aliphatic heterocycles. The van der Waals surface area contributed by atoms with E-state index < -0.39 is 0 Å². The number of hydrogen-bond acceptors (Lipinski definition) is 3. The quantitative estimate of drug-likeness (QED) is 0.938. The molecule has 1 atom stereocenters. The van der Waals surface area contributed by atoms with E-state index in [-0.39, 0.29) is 12.0 Å². The van der Waals surface area contributed by atoms with E-state index in [0.717, 1.165) is 30.8 Å². The monoisotopic (exact) mass is 285 g/mol. The van der Waals surface area contributed by atoms with E-state index in [1.165, 1.54) is 0 Å². The maximum atomic E-state index is 12.2. The molecule has 4 nitrogen and oxygen atoms in total. The van der Waals surface area contributed by atoms with Crippen LogP contribution >= 0.6 is 0 Å². The number of carbonyl (C=O) groups is 1. The molecule has 1 saturated heterocycles. The van der Waals surface area contributed by atoms with E-state index in [1.807, 2.05) is 37.3 Å². The van der Waals surface area contributed by atoms with Crippen LogP contribution < -0.4 is 5.32 Å². The minimum absolute atomic E-state index is 0.103. The normalized spacial score (nSPS) is 17.9. The van der Waals surface area contributed by atoms with E-state index >= 15 is 0 Å². The van der Waals surface area contributed by atoms with Crippen LogP contribution in [-0.4, -0.2) is 25.2 Å². The Balaban J connectivity index is 1.70. The fraction of sp³-hybridized carbons (Fsp3) is 0.353. The van der Waals surface area contributed by atoms with Gasteiger partial charge in [0.25, 0.3) is 5.91 Å². The molecule has 21 heavy (non-hydrogen) atoms. The second-order valence-corrected chi connectivity index (χ2v) is 5.29. The lowest BCUT2D eigenvalue weighted by atomic mass is 10.1. The minimum Gasteiger partial charge on any atom is -0.461 e. The van der Waals surface area contributed by atoms with Crippen LogP contribution in [0.2, 0.25) is 0 Å². The maximum Gasteiger partial charge on any atom is 0.254 e. The predicted octanol–water partition coefficient (Wildman–Crippen LogP) is 3.16. The molecule has 1 fully saturated rings. The van der Waals surface area contributed by atoms with E-state index in [4.69, 9.17) is 9.15 Å². The summed E-state index contributed by atoms with van der Waals surface area (Å²) in [5, 5.41) is 2.92. The van der Waals surface area contributed by atoms with Crippen molar-refractivity contribution in [3.63, 3.8) is 0 Å². The van der Waals surface area contributed by atoms with E-state index in [2.05, 4.69) is 5.32 Å². The molecule has 0 aliphatic carbocycles. The van der Waals surface area contributed by atoms with Crippen LogP contribution in [-0.2, 0) is 4.74 Å². The van der Waals surface area contributed by atoms with Crippen molar-refractivity contribution in [3.8, 4) is 11.3 Å². The Hall–Kier alpha value is -2.07. The summed E-state index contributed by atoms with van der Waals surface area (Å²) in [5.74, 6) is 1.25. The zero-order valence-electron chi connectivity index (χ0n) is 12.1. The van der Waals surface area contributed by atoms with Gasteiger partial charge in [0.15, 0.2) is 0 Å². The third-order valence-corrected chi connectivity index (χ3v) is 3.73. The lowest BCUT2D eigenvalue weighted by molar-refractivity contribution is 0.0856. The van der Waals surface area contributed by atoms with Crippen molar-refractivity contribution in [2.75, 3.05) is 13.2 Å². The Morgan fingerprint density at radius 3 is 2.86 bits per heavy atom. The number of amides is 1. The smallest absolute Gasteiger partial charge is 0.254 e. The minimum atomic E-state index is -0.103. The van der Waals surface area contributed by atoms with Gasteiger partial charge in [-0.05, 0) is 25.8 Å². The summed E-state index contributed by atoms with van der Waals surface area (Å²) in [7, 11) is 0. The number of ether oxygens (including phenoxy) is 1. The van der Waals surface area contributed by atoms with Gasteiger partial charge < -0.3 is 14.5 Å². The molecule has 1 amide bonds. The van der Waals surface area contributed by atoms with Gasteiger partial charge in [-0.3, -0.25) is 4.79 Å². The number of rotatable bonds is 4. The van der Waals surface area contributed by atoms with Crippen molar-refractivity contribution in [2.45, 2.75) is 25.9 Å². The Labute approximate surface area is 124 Å². The van der Waals surface area contributed by atoms with Gasteiger partial charge >= 0.3 is 0 Å². The fourth-order valence-corrected chi connectivity index (χ4v) is 2.56. The number of hydrogen-bond donors (Lipinski definition) is 1. The van der Waals surface area contributed by atoms with E-state index in [1.54, 1.807) is 6.07 Å². The molecule has 1 aliphatic rings. The first kappa shape index (κ1) is 13.9. The number of aryl methyl sites for hydroxylation is 1. The highest BCUT2D eigenvalue weighted by Gasteiger charge is 2.19. The Bertz CT molecular complexity index is 612. The van der Waals surface area contributed by atoms with Crippen molar-refractivity contribution >= 4 is 5.91 Å². The van der Waals surface area contributed by atoms with Crippen molar-refractivity contribution < 1.29 is 13.9 Å². The summed E-state index contributed by atoms with van der Waals surface area (Å²) in [6, 6.07) is 11.6. The molecule has 0 radical (unpaired) electrons. The van der Waals surface area contributed by atoms with Crippen LogP contribution in [0.4, 0.5) is 0 Å². The maximum absolute atomic E-state index is 12.2. The lowest BCUT2D eigenvalue weighted by Crippen LogP contribution is -2.31. The van der Waals surface area contributed by atoms with Crippen LogP contribution in [0.25, 0.3) is 11.3 Å². The van der Waals surface area contributed by atoms with Gasteiger partial charge in [0.1, 0.15) is 11.5 Å². The van der Waals surface area contributed by atoms with Crippen LogP contribution in [0.15, 0.2) is 40.8 Å². The molecule has 4 heteroatoms. The van der Waals surface area contributed by atoms with Crippen LogP contribution in [0.1, 0.15) is 29.0 Å². The zero-order chi connectivity index (χ0) is 14.7. The zero-order valence-corrected chi connectivity index (χ0v) is 12.1. The van der Waals surface area contributed by atoms with Crippen molar-refractivity contribution in [1.29, 1.82) is 0 Å². The molecule has 2 heterocycles. The molecular formula is C17H19NO3. The third kappa shape index (κ3) is 3.16. The first-order chi connectivity index (χ1) is 10.2. The van der Waals surface area contributed by atoms with Crippen LogP contribution in [0.3, 0.4) is 0 Å². The predicted molar refractivity (Wildman–Crippen MR) is 80.2 cm³/mol. The molecule has 0 bridgehead atoms. The number of furan rings is 1. The summed E-state index contributed by atoms with van der Waals surface area (Å²) in [6.07, 6.45) is 2.23. The van der Waals surface area contributed by atoms with Crippen molar-refractivity contribution in [3.05, 3.63) is 47.7 Å². The summed E-state index contributed by atoms with van der Waals surface area (Å²) in [4.78, 5) is 12.2. The average Bonchev–Trinajstić information content (AvgIpc) is 3.15. The molecule has 0 spiro atoms. The summed E-state index contributed by atoms with van der Waals surface area (Å²) < 4.78 is 11.2. The van der Waals surface area contributed by atoms with Gasteiger partial charge in [-0.25, -0.2) is 0 Å². The second kappa shape index (κ2) is 6.14. The summed E-state index contributed by atoms with van der Waals surface area (Å²) >= 11 is 0. The fourth-order valence-electron chi connectivity index (χ4n) is 2.56. The summed E-state index contributed by atoms with van der Waals surface area (Å²) in [6.45, 7) is 3.17. The largest absolute Gasteiger partial charge is 0.461 e. The molecule has 1 aromatic carbocycles. The van der Waals surface area contributed by atoms with Gasteiger partial charge in [0.2, 0.25) is 0 Å². The standard InChI is InChI=1S/C17H19NO3/c1-12-15(17(19)18-11-14-8-5-9-20-14)10-16(21-12)13-6-3-2-4-7-13/h2-4,6-7,10,14H,5,8-9,11H2,1H3,(H,18,19). The Morgan fingerprint density at radius 2 is 2.14 bits per heavy atom. The van der Waals surface area contributed by atoms with Crippen molar-refractivity contribution in [1.82, 2.24) is 5.32 Å². The molecule has 2 aromatic rings. The topological polar surface area (TPSA) is 51.5 Å². The van der Waals surface area contributed by atoms with Crippen LogP contribution in [0, 0.1) is 6.92 Å². The van der Waals surface area contributed by atoms with Gasteiger partial charge in [0, 0.05) is 18.7 Å². The Morgan fingerprint density at radius 1 is 1.33 bits per heavy atom. The van der Waals surface area contributed by atoms with Gasteiger partial charge in [-0.2, -0.15) is 0 Å². The van der Waals surface area contributed by atoms with Gasteiger partial charge in [-0.1, -0.05) is 30.3 Å². The van der Waals surface area contributed by atoms with E-state index in [9.17, 15) is 4.79 Å². The molecule has 0 saturated carbocycles. The lowest BCUT2D eigenvalue weighted by Gasteiger charge is -2.10. The first-order valence-electron chi connectivity index (χ1n) is 7.29. The number of nitrogens with one attached hydrogen (secondary N) is 1. The molecular weight excluding hydrogens is 266 g/mol. The number of carbonyl (C=O) groups excluding carboxylic acids is 1. The Kier molecular flexibility index (Phi) is 4.06. The van der Waals surface area contributed by atoms with Crippen LogP contribution in [0.5, 0.6) is 0 Å².